The highest BCUT2D eigenvalue weighted by Crippen LogP contribution is 2.18. The van der Waals surface area contributed by atoms with E-state index in [1.807, 2.05) is 0 Å². The Balaban J connectivity index is 2.84. The summed E-state index contributed by atoms with van der Waals surface area (Å²) >= 11 is 0. The average Bonchev–Trinajstić information content (AvgIpc) is 2.48. The number of carbonyl (C=O) groups excluding carboxylic acids is 1. The lowest BCUT2D eigenvalue weighted by atomic mass is 10.1. The number of primary amides is 1. The van der Waals surface area contributed by atoms with E-state index in [0.29, 0.717) is 16.5 Å². The lowest BCUT2D eigenvalue weighted by Crippen LogP contribution is -2.10. The number of aromatic nitrogens is 1. The Morgan fingerprint density at radius 2 is 2.15 bits per heavy atom. The Morgan fingerprint density at radius 3 is 2.85 bits per heavy atom. The molecule has 0 unspecified atom stereocenters. The third-order valence-electron chi connectivity index (χ3n) is 1.98. The SMILES string of the molecule is NC(=O)c1cccc2c1ccn2O. The van der Waals surface area contributed by atoms with Gasteiger partial charge in [0.15, 0.2) is 0 Å². The van der Waals surface area contributed by atoms with Crippen LogP contribution in [0.2, 0.25) is 0 Å². The second-order valence-corrected chi connectivity index (χ2v) is 2.76. The second-order valence-electron chi connectivity index (χ2n) is 2.76. The Kier molecular flexibility index (Phi) is 1.48. The highest BCUT2D eigenvalue weighted by atomic mass is 16.5. The summed E-state index contributed by atoms with van der Waals surface area (Å²) < 4.78 is 0.960. The van der Waals surface area contributed by atoms with E-state index in [0.717, 1.165) is 4.73 Å². The molecule has 66 valence electrons. The third kappa shape index (κ3) is 1.03. The van der Waals surface area contributed by atoms with Gasteiger partial charge in [0.2, 0.25) is 5.91 Å². The van der Waals surface area contributed by atoms with Gasteiger partial charge in [0.05, 0.1) is 5.52 Å². The Morgan fingerprint density at radius 1 is 1.38 bits per heavy atom. The molecule has 0 radical (unpaired) electrons. The highest BCUT2D eigenvalue weighted by molar-refractivity contribution is 6.05. The van der Waals surface area contributed by atoms with Gasteiger partial charge in [0.1, 0.15) is 0 Å². The molecule has 0 spiro atoms. The first-order valence-electron chi connectivity index (χ1n) is 3.79. The summed E-state index contributed by atoms with van der Waals surface area (Å²) in [7, 11) is 0. The molecular weight excluding hydrogens is 168 g/mol. The number of hydrogen-bond donors (Lipinski definition) is 2. The molecule has 0 aliphatic rings. The van der Waals surface area contributed by atoms with Crippen LogP contribution < -0.4 is 5.73 Å². The van der Waals surface area contributed by atoms with Crippen LogP contribution in [-0.2, 0) is 0 Å². The molecule has 13 heavy (non-hydrogen) atoms. The molecule has 2 aromatic rings. The summed E-state index contributed by atoms with van der Waals surface area (Å²) in [5, 5.41) is 9.95. The Hall–Kier alpha value is -1.97. The number of nitrogens with two attached hydrogens (primary N) is 1. The molecule has 2 rings (SSSR count). The van der Waals surface area contributed by atoms with Gasteiger partial charge in [-0.15, -0.1) is 0 Å². The summed E-state index contributed by atoms with van der Waals surface area (Å²) in [6.45, 7) is 0. The quantitative estimate of drug-likeness (QED) is 0.636. The molecule has 1 aromatic carbocycles. The van der Waals surface area contributed by atoms with E-state index in [1.54, 1.807) is 24.3 Å². The van der Waals surface area contributed by atoms with Crippen LogP contribution in [-0.4, -0.2) is 15.8 Å². The number of carbonyl (C=O) groups is 1. The molecule has 1 aromatic heterocycles. The molecule has 3 N–H and O–H groups in total. The topological polar surface area (TPSA) is 68.2 Å². The molecule has 0 bridgehead atoms. The molecule has 1 amide bonds. The van der Waals surface area contributed by atoms with Crippen LogP contribution >= 0.6 is 0 Å². The van der Waals surface area contributed by atoms with Gasteiger partial charge < -0.3 is 10.9 Å². The molecule has 0 aliphatic heterocycles. The number of rotatable bonds is 1. The highest BCUT2D eigenvalue weighted by Gasteiger charge is 2.08. The van der Waals surface area contributed by atoms with Crippen molar-refractivity contribution in [2.75, 3.05) is 0 Å². The fraction of sp³-hybridized carbons (Fsp3) is 0. The first kappa shape index (κ1) is 7.67. The van der Waals surface area contributed by atoms with Crippen molar-refractivity contribution < 1.29 is 10.0 Å². The van der Waals surface area contributed by atoms with Gasteiger partial charge in [0.25, 0.3) is 0 Å². The number of hydrogen-bond acceptors (Lipinski definition) is 2. The van der Waals surface area contributed by atoms with Gasteiger partial charge in [-0.2, -0.15) is 4.73 Å². The van der Waals surface area contributed by atoms with Gasteiger partial charge in [-0.25, -0.2) is 0 Å². The van der Waals surface area contributed by atoms with Crippen molar-refractivity contribution in [3.8, 4) is 0 Å². The van der Waals surface area contributed by atoms with Crippen LogP contribution in [0.25, 0.3) is 10.9 Å². The average molecular weight is 176 g/mol. The van der Waals surface area contributed by atoms with Crippen LogP contribution in [0, 0.1) is 0 Å². The van der Waals surface area contributed by atoms with Crippen LogP contribution in [0.3, 0.4) is 0 Å². The van der Waals surface area contributed by atoms with E-state index < -0.39 is 5.91 Å². The van der Waals surface area contributed by atoms with Crippen molar-refractivity contribution in [1.29, 1.82) is 0 Å². The van der Waals surface area contributed by atoms with Crippen molar-refractivity contribution in [1.82, 2.24) is 4.73 Å². The van der Waals surface area contributed by atoms with Gasteiger partial charge >= 0.3 is 0 Å². The molecule has 0 atom stereocenters. The molecule has 0 fully saturated rings. The van der Waals surface area contributed by atoms with Gasteiger partial charge in [-0.05, 0) is 18.2 Å². The molecule has 0 saturated heterocycles. The molecule has 0 saturated carbocycles. The van der Waals surface area contributed by atoms with Crippen molar-refractivity contribution in [3.63, 3.8) is 0 Å². The predicted molar refractivity (Wildman–Crippen MR) is 47.6 cm³/mol. The molecule has 1 heterocycles. The largest absolute Gasteiger partial charge is 0.428 e. The summed E-state index contributed by atoms with van der Waals surface area (Å²) in [4.78, 5) is 11.0. The maximum absolute atomic E-state index is 11.0. The first-order chi connectivity index (χ1) is 6.20. The molecule has 0 aliphatic carbocycles. The number of nitrogens with zero attached hydrogens (tertiary/aromatic N) is 1. The normalized spacial score (nSPS) is 10.5. The van der Waals surface area contributed by atoms with Gasteiger partial charge in [-0.3, -0.25) is 4.79 Å². The zero-order chi connectivity index (χ0) is 9.42. The molecule has 4 heteroatoms. The minimum Gasteiger partial charge on any atom is -0.428 e. The second kappa shape index (κ2) is 2.52. The molecule has 4 nitrogen and oxygen atoms in total. The summed E-state index contributed by atoms with van der Waals surface area (Å²) in [6, 6.07) is 6.66. The molecular formula is C9H8N2O2. The lowest BCUT2D eigenvalue weighted by Gasteiger charge is -1.98. The van der Waals surface area contributed by atoms with E-state index in [9.17, 15) is 10.0 Å². The summed E-state index contributed by atoms with van der Waals surface area (Å²) in [5.74, 6) is -0.489. The lowest BCUT2D eigenvalue weighted by molar-refractivity contribution is 0.100. The number of amides is 1. The standard InChI is InChI=1S/C9H8N2O2/c10-9(12)7-2-1-3-8-6(7)4-5-11(8)13/h1-5,13H,(H2,10,12). The summed E-state index contributed by atoms with van der Waals surface area (Å²) in [6.07, 6.45) is 1.47. The zero-order valence-corrected chi connectivity index (χ0v) is 6.77. The fourth-order valence-corrected chi connectivity index (χ4v) is 1.37. The maximum Gasteiger partial charge on any atom is 0.249 e. The van der Waals surface area contributed by atoms with Crippen molar-refractivity contribution in [2.45, 2.75) is 0 Å². The van der Waals surface area contributed by atoms with Crippen LogP contribution in [0.15, 0.2) is 30.5 Å². The van der Waals surface area contributed by atoms with Crippen LogP contribution in [0.4, 0.5) is 0 Å². The minimum atomic E-state index is -0.489. The monoisotopic (exact) mass is 176 g/mol. The smallest absolute Gasteiger partial charge is 0.249 e. The number of benzene rings is 1. The third-order valence-corrected chi connectivity index (χ3v) is 1.98. The van der Waals surface area contributed by atoms with Crippen molar-refractivity contribution in [3.05, 3.63) is 36.0 Å². The zero-order valence-electron chi connectivity index (χ0n) is 6.77. The van der Waals surface area contributed by atoms with E-state index in [4.69, 9.17) is 5.73 Å². The van der Waals surface area contributed by atoms with Gasteiger partial charge in [-0.1, -0.05) is 6.07 Å². The Bertz CT molecular complexity index is 473. The van der Waals surface area contributed by atoms with E-state index in [2.05, 4.69) is 0 Å². The van der Waals surface area contributed by atoms with E-state index in [1.165, 1.54) is 6.20 Å². The number of fused-ring (bicyclic) bond motifs is 1. The van der Waals surface area contributed by atoms with Crippen LogP contribution in [0.5, 0.6) is 0 Å². The minimum absolute atomic E-state index is 0.422. The fourth-order valence-electron chi connectivity index (χ4n) is 1.37. The summed E-state index contributed by atoms with van der Waals surface area (Å²) in [5.41, 5.74) is 6.16. The first-order valence-corrected chi connectivity index (χ1v) is 3.79. The van der Waals surface area contributed by atoms with Crippen LogP contribution in [0.1, 0.15) is 10.4 Å². The van der Waals surface area contributed by atoms with E-state index >= 15 is 0 Å². The van der Waals surface area contributed by atoms with Crippen molar-refractivity contribution in [2.24, 2.45) is 5.73 Å². The maximum atomic E-state index is 11.0. The van der Waals surface area contributed by atoms with Crippen molar-refractivity contribution >= 4 is 16.8 Å². The van der Waals surface area contributed by atoms with E-state index in [-0.39, 0.29) is 0 Å². The predicted octanol–water partition coefficient (Wildman–Crippen LogP) is 0.978. The van der Waals surface area contributed by atoms with Gasteiger partial charge in [0, 0.05) is 17.1 Å². The Labute approximate surface area is 74.1 Å².